The quantitative estimate of drug-likeness (QED) is 0.0697. The summed E-state index contributed by atoms with van der Waals surface area (Å²) in [4.78, 5) is 40.7. The number of esters is 1. The molecule has 0 aliphatic heterocycles. The van der Waals surface area contributed by atoms with Crippen LogP contribution in [0.25, 0.3) is 0 Å². The predicted molar refractivity (Wildman–Crippen MR) is 190 cm³/mol. The molecule has 3 aromatic carbocycles. The van der Waals surface area contributed by atoms with Crippen molar-refractivity contribution in [2.75, 3.05) is 11.5 Å². The van der Waals surface area contributed by atoms with Gasteiger partial charge in [0.25, 0.3) is 0 Å². The average molecular weight is 732 g/mol. The van der Waals surface area contributed by atoms with Gasteiger partial charge in [-0.15, -0.1) is 24.0 Å². The fourth-order valence-corrected chi connectivity index (χ4v) is 6.63. The lowest BCUT2D eigenvalue weighted by Crippen LogP contribution is -2.45. The number of hydrogen-bond acceptors (Lipinski definition) is 6. The number of nitrogens with zero attached hydrogens (tertiary/aromatic N) is 1. The summed E-state index contributed by atoms with van der Waals surface area (Å²) in [5.74, 6) is -0.308. The van der Waals surface area contributed by atoms with Crippen molar-refractivity contribution in [1.82, 2.24) is 0 Å². The lowest BCUT2D eigenvalue weighted by molar-refractivity contribution is -0.142. The molecule has 9 heteroatoms. The molecule has 0 aliphatic carbocycles. The SMILES string of the molecule is C=CCOC(=O)CCCc1ccc(P(c2ccccc2)c2ccccc2)c(N(C(=O)OC(C)(C)C)C(=O)OC(C)(C)C)c1.I. The van der Waals surface area contributed by atoms with E-state index >= 15 is 0 Å². The van der Waals surface area contributed by atoms with Crippen LogP contribution in [0.3, 0.4) is 0 Å². The van der Waals surface area contributed by atoms with E-state index in [-0.39, 0.29) is 43.0 Å². The zero-order valence-corrected chi connectivity index (χ0v) is 29.6. The third-order valence-corrected chi connectivity index (χ3v) is 8.40. The van der Waals surface area contributed by atoms with E-state index in [0.29, 0.717) is 18.5 Å². The van der Waals surface area contributed by atoms with Crippen molar-refractivity contribution in [3.8, 4) is 0 Å². The zero-order valence-electron chi connectivity index (χ0n) is 26.4. The Morgan fingerprint density at radius 2 is 1.30 bits per heavy atom. The lowest BCUT2D eigenvalue weighted by atomic mass is 10.1. The van der Waals surface area contributed by atoms with E-state index in [9.17, 15) is 14.4 Å². The normalized spacial score (nSPS) is 11.2. The standard InChI is InChI=1S/C35H42NO6P.HI/c1-8-24-40-31(37)21-15-16-26-22-23-30(43(27-17-11-9-12-18-27)28-19-13-10-14-20-28)29(25-26)36(32(38)41-34(2,3)4)33(39)42-35(5,6)7;/h8-14,17-20,22-23,25H,1,15-16,21,24H2,2-7H3;1H. The van der Waals surface area contributed by atoms with Gasteiger partial charge in [0, 0.05) is 11.7 Å². The predicted octanol–water partition coefficient (Wildman–Crippen LogP) is 7.79. The first-order valence-corrected chi connectivity index (χ1v) is 15.7. The first-order chi connectivity index (χ1) is 20.3. The molecule has 0 fully saturated rings. The molecule has 0 saturated carbocycles. The van der Waals surface area contributed by atoms with E-state index in [1.807, 2.05) is 54.6 Å². The number of imide groups is 1. The molecular formula is C35H43INO6P. The van der Waals surface area contributed by atoms with E-state index in [0.717, 1.165) is 26.4 Å². The molecule has 0 radical (unpaired) electrons. The van der Waals surface area contributed by atoms with Crippen molar-refractivity contribution in [3.05, 3.63) is 97.1 Å². The van der Waals surface area contributed by atoms with E-state index in [2.05, 4.69) is 30.8 Å². The Labute approximate surface area is 279 Å². The van der Waals surface area contributed by atoms with Crippen LogP contribution < -0.4 is 20.8 Å². The van der Waals surface area contributed by atoms with Gasteiger partial charge in [-0.2, -0.15) is 4.90 Å². The van der Waals surface area contributed by atoms with Gasteiger partial charge in [-0.25, -0.2) is 9.59 Å². The summed E-state index contributed by atoms with van der Waals surface area (Å²) in [6.07, 6.45) is 1.16. The van der Waals surface area contributed by atoms with Crippen molar-refractivity contribution >= 4 is 71.7 Å². The summed E-state index contributed by atoms with van der Waals surface area (Å²) in [5, 5.41) is 2.89. The number of aryl methyl sites for hydroxylation is 1. The van der Waals surface area contributed by atoms with Gasteiger partial charge in [-0.1, -0.05) is 85.5 Å². The molecule has 0 bridgehead atoms. The van der Waals surface area contributed by atoms with Gasteiger partial charge in [0.1, 0.15) is 17.8 Å². The summed E-state index contributed by atoms with van der Waals surface area (Å²) >= 11 is 0. The fourth-order valence-electron chi connectivity index (χ4n) is 4.22. The molecule has 236 valence electrons. The second kappa shape index (κ2) is 16.7. The van der Waals surface area contributed by atoms with Gasteiger partial charge in [0.05, 0.1) is 5.69 Å². The highest BCUT2D eigenvalue weighted by Gasteiger charge is 2.36. The number of carbonyl (C=O) groups excluding carboxylic acids is 3. The number of rotatable bonds is 10. The maximum Gasteiger partial charge on any atom is 0.424 e. The van der Waals surface area contributed by atoms with Crippen molar-refractivity contribution in [1.29, 1.82) is 0 Å². The fraction of sp³-hybridized carbons (Fsp3) is 0.343. The number of benzene rings is 3. The first kappa shape index (κ1) is 37.0. The summed E-state index contributed by atoms with van der Waals surface area (Å²) in [6, 6.07) is 25.8. The summed E-state index contributed by atoms with van der Waals surface area (Å²) < 4.78 is 16.6. The zero-order chi connectivity index (χ0) is 31.6. The highest BCUT2D eigenvalue weighted by atomic mass is 127. The van der Waals surface area contributed by atoms with Gasteiger partial charge < -0.3 is 14.2 Å². The summed E-state index contributed by atoms with van der Waals surface area (Å²) in [6.45, 7) is 14.2. The molecule has 0 saturated heterocycles. The molecule has 0 N–H and O–H groups in total. The minimum Gasteiger partial charge on any atom is -0.461 e. The molecule has 0 aromatic heterocycles. The number of ether oxygens (including phenoxy) is 3. The number of anilines is 1. The minimum atomic E-state index is -1.20. The minimum absolute atomic E-state index is 0. The van der Waals surface area contributed by atoms with Crippen LogP contribution in [0.5, 0.6) is 0 Å². The maximum absolute atomic E-state index is 13.8. The first-order valence-electron chi connectivity index (χ1n) is 14.3. The average Bonchev–Trinajstić information content (AvgIpc) is 2.92. The third-order valence-electron chi connectivity index (χ3n) is 5.91. The molecule has 3 rings (SSSR count). The van der Waals surface area contributed by atoms with Gasteiger partial charge in [-0.05, 0) is 84.5 Å². The van der Waals surface area contributed by atoms with Gasteiger partial charge in [0.15, 0.2) is 0 Å². The van der Waals surface area contributed by atoms with Crippen LogP contribution in [-0.2, 0) is 25.4 Å². The number of hydrogen-bond donors (Lipinski definition) is 0. The van der Waals surface area contributed by atoms with E-state index in [1.165, 1.54) is 6.08 Å². The van der Waals surface area contributed by atoms with Gasteiger partial charge in [-0.3, -0.25) is 4.79 Å². The molecular weight excluding hydrogens is 688 g/mol. The second-order valence-electron chi connectivity index (χ2n) is 12.0. The van der Waals surface area contributed by atoms with Crippen molar-refractivity contribution in [2.45, 2.75) is 72.0 Å². The summed E-state index contributed by atoms with van der Waals surface area (Å²) in [7, 11) is -1.20. The van der Waals surface area contributed by atoms with E-state index in [1.54, 1.807) is 41.5 Å². The third kappa shape index (κ3) is 11.4. The lowest BCUT2D eigenvalue weighted by Gasteiger charge is -2.31. The second-order valence-corrected chi connectivity index (χ2v) is 14.1. The monoisotopic (exact) mass is 731 g/mol. The van der Waals surface area contributed by atoms with Gasteiger partial charge >= 0.3 is 18.2 Å². The van der Waals surface area contributed by atoms with Gasteiger partial charge in [0.2, 0.25) is 0 Å². The van der Waals surface area contributed by atoms with Crippen LogP contribution in [0, 0.1) is 0 Å². The Morgan fingerprint density at radius 3 is 1.75 bits per heavy atom. The molecule has 2 amide bonds. The van der Waals surface area contributed by atoms with E-state index < -0.39 is 31.3 Å². The smallest absolute Gasteiger partial charge is 0.424 e. The Hall–Kier alpha value is -3.23. The van der Waals surface area contributed by atoms with E-state index in [4.69, 9.17) is 14.2 Å². The molecule has 3 aromatic rings. The van der Waals surface area contributed by atoms with Crippen molar-refractivity contribution in [3.63, 3.8) is 0 Å². The van der Waals surface area contributed by atoms with Crippen molar-refractivity contribution in [2.24, 2.45) is 0 Å². The highest BCUT2D eigenvalue weighted by molar-refractivity contribution is 14.0. The largest absolute Gasteiger partial charge is 0.461 e. The number of halogens is 1. The maximum atomic E-state index is 13.8. The molecule has 7 nitrogen and oxygen atoms in total. The Kier molecular flexibility index (Phi) is 14.1. The van der Waals surface area contributed by atoms with Crippen LogP contribution in [-0.4, -0.2) is 36.0 Å². The molecule has 0 spiro atoms. The van der Waals surface area contributed by atoms with Crippen LogP contribution >= 0.6 is 31.9 Å². The number of carbonyl (C=O) groups is 3. The molecule has 44 heavy (non-hydrogen) atoms. The Morgan fingerprint density at radius 1 is 0.795 bits per heavy atom. The molecule has 0 atom stereocenters. The Balaban J connectivity index is 0.00000675. The van der Waals surface area contributed by atoms with Crippen LogP contribution in [0.1, 0.15) is 59.9 Å². The molecule has 0 unspecified atom stereocenters. The highest BCUT2D eigenvalue weighted by Crippen LogP contribution is 2.38. The summed E-state index contributed by atoms with van der Waals surface area (Å²) in [5.41, 5.74) is -0.479. The Bertz CT molecular complexity index is 1330. The van der Waals surface area contributed by atoms with Crippen LogP contribution in [0.4, 0.5) is 15.3 Å². The number of amides is 2. The molecule has 0 heterocycles. The van der Waals surface area contributed by atoms with Crippen molar-refractivity contribution < 1.29 is 28.6 Å². The van der Waals surface area contributed by atoms with Crippen LogP contribution in [0.2, 0.25) is 0 Å². The topological polar surface area (TPSA) is 82.1 Å². The molecule has 0 aliphatic rings. The van der Waals surface area contributed by atoms with Crippen LogP contribution in [0.15, 0.2) is 91.5 Å².